The fourth-order valence-electron chi connectivity index (χ4n) is 2.13. The highest BCUT2D eigenvalue weighted by Crippen LogP contribution is 2.30. The molecule has 1 aromatic heterocycles. The van der Waals surface area contributed by atoms with Crippen LogP contribution in [0.5, 0.6) is 11.5 Å². The largest absolute Gasteiger partial charge is 0.507 e. The number of ether oxygens (including phenoxy) is 1. The average Bonchev–Trinajstić information content (AvgIpc) is 2.47. The lowest BCUT2D eigenvalue weighted by Gasteiger charge is -2.07. The van der Waals surface area contributed by atoms with Gasteiger partial charge in [-0.25, -0.2) is 4.39 Å². The van der Waals surface area contributed by atoms with Crippen LogP contribution in [0.25, 0.3) is 22.3 Å². The molecule has 3 aromatic rings. The Balaban J connectivity index is 2.25. The standard InChI is InChI=1S/C16H11FO4/c17-9-20-11-6-12(18)16-13(19)8-14(21-15(16)7-11)10-4-2-1-3-5-10/h1-8,18H,9H2. The van der Waals surface area contributed by atoms with Crippen molar-refractivity contribution in [3.63, 3.8) is 0 Å². The summed E-state index contributed by atoms with van der Waals surface area (Å²) in [6.07, 6.45) is 0. The maximum absolute atomic E-state index is 12.2. The molecule has 0 amide bonds. The van der Waals surface area contributed by atoms with E-state index < -0.39 is 6.86 Å². The van der Waals surface area contributed by atoms with Crippen LogP contribution in [0.3, 0.4) is 0 Å². The van der Waals surface area contributed by atoms with E-state index in [1.165, 1.54) is 18.2 Å². The van der Waals surface area contributed by atoms with Gasteiger partial charge in [0.05, 0.1) is 0 Å². The highest BCUT2D eigenvalue weighted by atomic mass is 19.1. The van der Waals surface area contributed by atoms with Crippen LogP contribution in [0.15, 0.2) is 57.7 Å². The van der Waals surface area contributed by atoms with Crippen molar-refractivity contribution in [3.8, 4) is 22.8 Å². The summed E-state index contributed by atoms with van der Waals surface area (Å²) in [4.78, 5) is 12.1. The maximum atomic E-state index is 12.2. The van der Waals surface area contributed by atoms with E-state index in [0.717, 1.165) is 5.56 Å². The molecule has 0 aliphatic heterocycles. The second kappa shape index (κ2) is 5.28. The van der Waals surface area contributed by atoms with Crippen molar-refractivity contribution in [2.24, 2.45) is 0 Å². The first-order valence-electron chi connectivity index (χ1n) is 6.24. The molecule has 0 aliphatic carbocycles. The summed E-state index contributed by atoms with van der Waals surface area (Å²) in [6, 6.07) is 13.0. The molecule has 0 fully saturated rings. The highest BCUT2D eigenvalue weighted by molar-refractivity contribution is 5.86. The number of hydrogen-bond acceptors (Lipinski definition) is 4. The summed E-state index contributed by atoms with van der Waals surface area (Å²) in [5.74, 6) is 0.157. The molecule has 0 aliphatic rings. The first-order valence-corrected chi connectivity index (χ1v) is 6.24. The second-order valence-electron chi connectivity index (χ2n) is 4.41. The topological polar surface area (TPSA) is 59.7 Å². The molecule has 1 heterocycles. The summed E-state index contributed by atoms with van der Waals surface area (Å²) in [5, 5.41) is 9.90. The molecule has 5 heteroatoms. The van der Waals surface area contributed by atoms with Gasteiger partial charge in [-0.1, -0.05) is 30.3 Å². The lowest BCUT2D eigenvalue weighted by molar-refractivity contribution is 0.191. The molecule has 0 saturated carbocycles. The Morgan fingerprint density at radius 2 is 1.90 bits per heavy atom. The number of phenols is 1. The molecular formula is C16H11FO4. The van der Waals surface area contributed by atoms with Gasteiger partial charge in [-0.05, 0) is 0 Å². The van der Waals surface area contributed by atoms with Crippen LogP contribution in [-0.4, -0.2) is 12.0 Å². The van der Waals surface area contributed by atoms with E-state index in [1.54, 1.807) is 12.1 Å². The van der Waals surface area contributed by atoms with Gasteiger partial charge in [0, 0.05) is 23.8 Å². The number of alkyl halides is 1. The normalized spacial score (nSPS) is 10.7. The molecule has 0 unspecified atom stereocenters. The summed E-state index contributed by atoms with van der Waals surface area (Å²) < 4.78 is 22.6. The van der Waals surface area contributed by atoms with Gasteiger partial charge in [0.2, 0.25) is 6.86 Å². The van der Waals surface area contributed by atoms with E-state index in [4.69, 9.17) is 9.15 Å². The zero-order chi connectivity index (χ0) is 14.8. The van der Waals surface area contributed by atoms with Crippen LogP contribution in [0, 0.1) is 0 Å². The minimum atomic E-state index is -1.03. The first-order chi connectivity index (χ1) is 10.2. The molecule has 3 rings (SSSR count). The highest BCUT2D eigenvalue weighted by Gasteiger charge is 2.12. The van der Waals surface area contributed by atoms with E-state index in [-0.39, 0.29) is 27.9 Å². The molecule has 0 saturated heterocycles. The third-order valence-electron chi connectivity index (χ3n) is 3.06. The van der Waals surface area contributed by atoms with Gasteiger partial charge < -0.3 is 14.3 Å². The van der Waals surface area contributed by atoms with Crippen LogP contribution in [0.4, 0.5) is 4.39 Å². The fourth-order valence-corrected chi connectivity index (χ4v) is 2.13. The Morgan fingerprint density at radius 3 is 2.62 bits per heavy atom. The smallest absolute Gasteiger partial charge is 0.228 e. The summed E-state index contributed by atoms with van der Waals surface area (Å²) in [5.41, 5.74) is 0.497. The number of aromatic hydroxyl groups is 1. The summed E-state index contributed by atoms with van der Waals surface area (Å²) in [7, 11) is 0. The third-order valence-corrected chi connectivity index (χ3v) is 3.06. The predicted molar refractivity (Wildman–Crippen MR) is 76.2 cm³/mol. The molecular weight excluding hydrogens is 275 g/mol. The van der Waals surface area contributed by atoms with Gasteiger partial charge in [-0.2, -0.15) is 0 Å². The molecule has 4 nitrogen and oxygen atoms in total. The number of fused-ring (bicyclic) bond motifs is 1. The van der Waals surface area contributed by atoms with Gasteiger partial charge in [0.25, 0.3) is 0 Å². The minimum absolute atomic E-state index is 0.0425. The van der Waals surface area contributed by atoms with Crippen molar-refractivity contribution < 1.29 is 18.7 Å². The number of hydrogen-bond donors (Lipinski definition) is 1. The van der Waals surface area contributed by atoms with E-state index in [0.29, 0.717) is 5.76 Å². The van der Waals surface area contributed by atoms with E-state index in [2.05, 4.69) is 0 Å². The van der Waals surface area contributed by atoms with Crippen LogP contribution >= 0.6 is 0 Å². The van der Waals surface area contributed by atoms with Crippen LogP contribution in [0.1, 0.15) is 0 Å². The van der Waals surface area contributed by atoms with Crippen LogP contribution < -0.4 is 10.2 Å². The summed E-state index contributed by atoms with van der Waals surface area (Å²) in [6.45, 7) is -1.03. The van der Waals surface area contributed by atoms with Crippen molar-refractivity contribution in [2.45, 2.75) is 0 Å². The monoisotopic (exact) mass is 286 g/mol. The van der Waals surface area contributed by atoms with Gasteiger partial charge in [0.15, 0.2) is 5.43 Å². The second-order valence-corrected chi connectivity index (χ2v) is 4.41. The van der Waals surface area contributed by atoms with Crippen molar-refractivity contribution in [1.82, 2.24) is 0 Å². The third kappa shape index (κ3) is 2.45. The van der Waals surface area contributed by atoms with Gasteiger partial charge >= 0.3 is 0 Å². The maximum Gasteiger partial charge on any atom is 0.228 e. The zero-order valence-electron chi connectivity index (χ0n) is 10.9. The van der Waals surface area contributed by atoms with Gasteiger partial charge in [0.1, 0.15) is 28.2 Å². The predicted octanol–water partition coefficient (Wildman–Crippen LogP) is 3.47. The SMILES string of the molecule is O=c1cc(-c2ccccc2)oc2cc(OCF)cc(O)c12. The van der Waals surface area contributed by atoms with Crippen molar-refractivity contribution in [1.29, 1.82) is 0 Å². The Hall–Kier alpha value is -2.82. The molecule has 106 valence electrons. The molecule has 0 atom stereocenters. The van der Waals surface area contributed by atoms with Gasteiger partial charge in [-0.3, -0.25) is 4.79 Å². The molecule has 0 bridgehead atoms. The molecule has 1 N–H and O–H groups in total. The number of benzene rings is 2. The number of rotatable bonds is 3. The Morgan fingerprint density at radius 1 is 1.14 bits per heavy atom. The number of halogens is 1. The lowest BCUT2D eigenvalue weighted by Crippen LogP contribution is -2.01. The first kappa shape index (κ1) is 13.2. The Labute approximate surface area is 119 Å². The fraction of sp³-hybridized carbons (Fsp3) is 0.0625. The molecule has 2 aromatic carbocycles. The summed E-state index contributed by atoms with van der Waals surface area (Å²) >= 11 is 0. The molecule has 0 spiro atoms. The molecule has 21 heavy (non-hydrogen) atoms. The van der Waals surface area contributed by atoms with E-state index in [1.807, 2.05) is 18.2 Å². The van der Waals surface area contributed by atoms with Crippen molar-refractivity contribution in [3.05, 3.63) is 58.8 Å². The average molecular weight is 286 g/mol. The van der Waals surface area contributed by atoms with Crippen LogP contribution in [0.2, 0.25) is 0 Å². The van der Waals surface area contributed by atoms with Crippen molar-refractivity contribution >= 4 is 11.0 Å². The minimum Gasteiger partial charge on any atom is -0.507 e. The Bertz CT molecular complexity index is 840. The molecule has 0 radical (unpaired) electrons. The number of phenolic OH excluding ortho intramolecular Hbond substituents is 1. The quantitative estimate of drug-likeness (QED) is 0.801. The Kier molecular flexibility index (Phi) is 3.31. The van der Waals surface area contributed by atoms with Crippen LogP contribution in [-0.2, 0) is 0 Å². The van der Waals surface area contributed by atoms with E-state index in [9.17, 15) is 14.3 Å². The lowest BCUT2D eigenvalue weighted by atomic mass is 10.1. The van der Waals surface area contributed by atoms with Gasteiger partial charge in [-0.15, -0.1) is 0 Å². The van der Waals surface area contributed by atoms with E-state index >= 15 is 0 Å². The van der Waals surface area contributed by atoms with Crippen molar-refractivity contribution in [2.75, 3.05) is 6.86 Å². The zero-order valence-corrected chi connectivity index (χ0v) is 10.9.